The third-order valence-corrected chi connectivity index (χ3v) is 7.74. The molecule has 1 aromatic rings. The lowest BCUT2D eigenvalue weighted by Crippen LogP contribution is -2.56. The number of halogens is 1. The molecule has 2 aliphatic heterocycles. The highest BCUT2D eigenvalue weighted by atomic mass is 35.5. The minimum absolute atomic E-state index is 0.00998. The molecular weight excluding hydrogens is 406 g/mol. The van der Waals surface area contributed by atoms with Crippen LogP contribution in [0.15, 0.2) is 24.3 Å². The first kappa shape index (κ1) is 21.2. The van der Waals surface area contributed by atoms with Gasteiger partial charge in [0.05, 0.1) is 0 Å². The van der Waals surface area contributed by atoms with Gasteiger partial charge in [0.25, 0.3) is 16.1 Å². The summed E-state index contributed by atoms with van der Waals surface area (Å²) in [7, 11) is -3.84. The van der Waals surface area contributed by atoms with E-state index in [9.17, 15) is 18.0 Å². The van der Waals surface area contributed by atoms with Crippen molar-refractivity contribution < 1.29 is 23.2 Å². The third-order valence-electron chi connectivity index (χ3n) is 5.44. The normalized spacial score (nSPS) is 22.7. The number of nitrogens with zero attached hydrogens (tertiary/aromatic N) is 2. The zero-order chi connectivity index (χ0) is 20.3. The van der Waals surface area contributed by atoms with Gasteiger partial charge in [-0.15, -0.1) is 0 Å². The number of amides is 1. The molecule has 0 radical (unpaired) electrons. The van der Waals surface area contributed by atoms with Crippen molar-refractivity contribution in [1.82, 2.24) is 14.1 Å². The van der Waals surface area contributed by atoms with Crippen LogP contribution >= 0.6 is 11.6 Å². The van der Waals surface area contributed by atoms with Crippen LogP contribution in [0.25, 0.3) is 0 Å². The van der Waals surface area contributed by atoms with Crippen LogP contribution in [0.4, 0.5) is 0 Å². The lowest BCUT2D eigenvalue weighted by Gasteiger charge is -2.39. The highest BCUT2D eigenvalue weighted by Gasteiger charge is 2.41. The number of ketones is 1. The van der Waals surface area contributed by atoms with E-state index in [-0.39, 0.29) is 31.3 Å². The predicted octanol–water partition coefficient (Wildman–Crippen LogP) is 1.84. The van der Waals surface area contributed by atoms with Gasteiger partial charge in [0.15, 0.2) is 5.78 Å². The maximum Gasteiger partial charge on any atom is 0.282 e. The van der Waals surface area contributed by atoms with Gasteiger partial charge in [-0.1, -0.05) is 18.0 Å². The number of hydrogen-bond acceptors (Lipinski definition) is 5. The highest BCUT2D eigenvalue weighted by molar-refractivity contribution is 7.86. The van der Waals surface area contributed by atoms with Crippen molar-refractivity contribution in [3.8, 4) is 0 Å². The van der Waals surface area contributed by atoms with Crippen LogP contribution in [-0.4, -0.2) is 59.6 Å². The quantitative estimate of drug-likeness (QED) is 0.422. The number of carbonyl (C=O) groups is 2. The van der Waals surface area contributed by atoms with Gasteiger partial charge in [-0.3, -0.25) is 14.8 Å². The largest absolute Gasteiger partial charge is 0.294 e. The van der Waals surface area contributed by atoms with Crippen LogP contribution in [0.2, 0.25) is 5.02 Å². The van der Waals surface area contributed by atoms with E-state index in [4.69, 9.17) is 16.8 Å². The number of nitrogens with one attached hydrogen (secondary N) is 1. The number of benzene rings is 1. The van der Waals surface area contributed by atoms with Crippen LogP contribution in [0.3, 0.4) is 0 Å². The van der Waals surface area contributed by atoms with Crippen molar-refractivity contribution in [2.45, 2.75) is 38.1 Å². The minimum atomic E-state index is -3.84. The summed E-state index contributed by atoms with van der Waals surface area (Å²) in [5.41, 5.74) is 2.14. The Morgan fingerprint density at radius 1 is 1.04 bits per heavy atom. The Morgan fingerprint density at radius 2 is 1.68 bits per heavy atom. The fourth-order valence-electron chi connectivity index (χ4n) is 3.86. The average Bonchev–Trinajstić information content (AvgIpc) is 2.73. The van der Waals surface area contributed by atoms with Crippen LogP contribution < -0.4 is 5.48 Å². The van der Waals surface area contributed by atoms with Gasteiger partial charge in [0, 0.05) is 36.1 Å². The molecule has 2 heterocycles. The van der Waals surface area contributed by atoms with Gasteiger partial charge in [0.2, 0.25) is 0 Å². The van der Waals surface area contributed by atoms with E-state index >= 15 is 0 Å². The molecule has 0 saturated carbocycles. The molecule has 1 amide bonds. The zero-order valence-corrected chi connectivity index (χ0v) is 17.0. The fourth-order valence-corrected chi connectivity index (χ4v) is 5.84. The molecular formula is C18H24ClN3O5S. The first-order chi connectivity index (χ1) is 13.3. The molecule has 0 bridgehead atoms. The van der Waals surface area contributed by atoms with Crippen LogP contribution in [-0.2, 0) is 15.0 Å². The van der Waals surface area contributed by atoms with Crippen LogP contribution in [0.5, 0.6) is 0 Å². The first-order valence-corrected chi connectivity index (χ1v) is 11.1. The van der Waals surface area contributed by atoms with Crippen LogP contribution in [0, 0.1) is 5.92 Å². The molecule has 3 rings (SSSR count). The van der Waals surface area contributed by atoms with Gasteiger partial charge in [-0.05, 0) is 49.9 Å². The summed E-state index contributed by atoms with van der Waals surface area (Å²) >= 11 is 5.86. The molecule has 2 fully saturated rings. The van der Waals surface area contributed by atoms with E-state index in [0.717, 1.165) is 6.42 Å². The number of Topliss-reactive ketones (excluding diaryl/α,β-unsaturated/α-hetero) is 1. The Bertz CT molecular complexity index is 822. The molecule has 1 atom stereocenters. The van der Waals surface area contributed by atoms with Crippen molar-refractivity contribution in [3.63, 3.8) is 0 Å². The van der Waals surface area contributed by atoms with Gasteiger partial charge in [-0.25, -0.2) is 5.48 Å². The fraction of sp³-hybridized carbons (Fsp3) is 0.556. The molecule has 2 aliphatic rings. The number of carbonyl (C=O) groups excluding carboxylic acids is 2. The second-order valence-corrected chi connectivity index (χ2v) is 9.47. The lowest BCUT2D eigenvalue weighted by molar-refractivity contribution is -0.134. The van der Waals surface area contributed by atoms with Crippen LogP contribution in [0.1, 0.15) is 42.5 Å². The standard InChI is InChI=1S/C18H24ClN3O5S/c19-15-6-4-13(5-7-15)17(23)14-8-11-21(12-9-14)28(26,27)22-10-2-1-3-16(22)18(24)20-25/h4-7,14,16,25H,1-3,8-12H2,(H,20,24). The van der Waals surface area contributed by atoms with Crippen molar-refractivity contribution in [1.29, 1.82) is 0 Å². The molecule has 1 aromatic carbocycles. The Balaban J connectivity index is 1.66. The topological polar surface area (TPSA) is 107 Å². The number of rotatable bonds is 5. The summed E-state index contributed by atoms with van der Waals surface area (Å²) in [5, 5.41) is 9.48. The molecule has 0 aromatic heterocycles. The smallest absolute Gasteiger partial charge is 0.282 e. The second-order valence-electron chi connectivity index (χ2n) is 7.15. The number of hydrogen-bond donors (Lipinski definition) is 2. The summed E-state index contributed by atoms with van der Waals surface area (Å²) in [6, 6.07) is 5.78. The maximum atomic E-state index is 13.0. The molecule has 28 heavy (non-hydrogen) atoms. The van der Waals surface area contributed by atoms with E-state index in [2.05, 4.69) is 0 Å². The van der Waals surface area contributed by atoms with E-state index in [0.29, 0.717) is 36.3 Å². The minimum Gasteiger partial charge on any atom is -0.294 e. The Morgan fingerprint density at radius 3 is 2.29 bits per heavy atom. The summed E-state index contributed by atoms with van der Waals surface area (Å²) < 4.78 is 28.6. The summed E-state index contributed by atoms with van der Waals surface area (Å²) in [6.07, 6.45) is 2.61. The van der Waals surface area contributed by atoms with E-state index in [1.807, 2.05) is 0 Å². The Hall–Kier alpha value is -1.52. The lowest BCUT2D eigenvalue weighted by atomic mass is 9.90. The van der Waals surface area contributed by atoms with Crippen molar-refractivity contribution in [2.75, 3.05) is 19.6 Å². The molecule has 1 unspecified atom stereocenters. The molecule has 8 nitrogen and oxygen atoms in total. The summed E-state index contributed by atoms with van der Waals surface area (Å²) in [6.45, 7) is 0.677. The zero-order valence-electron chi connectivity index (χ0n) is 15.4. The molecule has 2 N–H and O–H groups in total. The van der Waals surface area contributed by atoms with E-state index < -0.39 is 22.2 Å². The second kappa shape index (κ2) is 8.87. The molecule has 0 aliphatic carbocycles. The van der Waals surface area contributed by atoms with Crippen molar-refractivity contribution in [2.24, 2.45) is 5.92 Å². The van der Waals surface area contributed by atoms with Gasteiger partial charge < -0.3 is 0 Å². The molecule has 2 saturated heterocycles. The Kier molecular flexibility index (Phi) is 6.72. The maximum absolute atomic E-state index is 13.0. The SMILES string of the molecule is O=C(c1ccc(Cl)cc1)C1CCN(S(=O)(=O)N2CCCCC2C(=O)NO)CC1. The number of hydroxylamine groups is 1. The Labute approximate surface area is 169 Å². The summed E-state index contributed by atoms with van der Waals surface area (Å²) in [5.74, 6) is -0.967. The van der Waals surface area contributed by atoms with Gasteiger partial charge >= 0.3 is 0 Å². The van der Waals surface area contributed by atoms with Crippen molar-refractivity contribution >= 4 is 33.5 Å². The number of piperidine rings is 2. The predicted molar refractivity (Wildman–Crippen MR) is 103 cm³/mol. The molecule has 10 heteroatoms. The van der Waals surface area contributed by atoms with Crippen molar-refractivity contribution in [3.05, 3.63) is 34.9 Å². The third kappa shape index (κ3) is 4.38. The van der Waals surface area contributed by atoms with E-state index in [1.165, 1.54) is 8.61 Å². The molecule has 154 valence electrons. The first-order valence-electron chi connectivity index (χ1n) is 9.35. The average molecular weight is 430 g/mol. The van der Waals surface area contributed by atoms with Gasteiger partial charge in [-0.2, -0.15) is 17.0 Å². The monoisotopic (exact) mass is 429 g/mol. The van der Waals surface area contributed by atoms with Gasteiger partial charge in [0.1, 0.15) is 6.04 Å². The van der Waals surface area contributed by atoms with E-state index in [1.54, 1.807) is 29.7 Å². The molecule has 0 spiro atoms. The highest BCUT2D eigenvalue weighted by Crippen LogP contribution is 2.28. The summed E-state index contributed by atoms with van der Waals surface area (Å²) in [4.78, 5) is 24.5.